The average Bonchev–Trinajstić information content (AvgIpc) is 2.75. The van der Waals surface area contributed by atoms with Crippen molar-refractivity contribution in [2.24, 2.45) is 0 Å². The second-order valence-corrected chi connectivity index (χ2v) is 7.82. The topological polar surface area (TPSA) is 62.3 Å². The lowest BCUT2D eigenvalue weighted by Crippen LogP contribution is -2.36. The van der Waals surface area contributed by atoms with Crippen molar-refractivity contribution in [2.75, 3.05) is 19.4 Å². The summed E-state index contributed by atoms with van der Waals surface area (Å²) in [5.74, 6) is 0.479. The number of nitrogens with one attached hydrogen (secondary N) is 1. The quantitative estimate of drug-likeness (QED) is 0.861. The maximum Gasteiger partial charge on any atom is 0.244 e. The molecule has 0 amide bonds. The van der Waals surface area contributed by atoms with Gasteiger partial charge in [-0.25, -0.2) is 13.4 Å². The summed E-state index contributed by atoms with van der Waals surface area (Å²) < 4.78 is 26.9. The zero-order valence-corrected chi connectivity index (χ0v) is 14.0. The molecule has 21 heavy (non-hydrogen) atoms. The predicted molar refractivity (Wildman–Crippen MR) is 85.2 cm³/mol. The summed E-state index contributed by atoms with van der Waals surface area (Å²) in [4.78, 5) is 4.21. The Labute approximate surface area is 131 Å². The van der Waals surface area contributed by atoms with Crippen molar-refractivity contribution in [2.45, 2.75) is 49.5 Å². The Morgan fingerprint density at radius 1 is 1.29 bits per heavy atom. The molecule has 118 valence electrons. The number of aromatic nitrogens is 1. The molecule has 1 N–H and O–H groups in total. The molecule has 1 fully saturated rings. The number of hydrogen-bond donors (Lipinski definition) is 1. The van der Waals surface area contributed by atoms with Crippen LogP contribution in [-0.4, -0.2) is 37.8 Å². The molecule has 1 aromatic rings. The molecule has 1 aliphatic rings. The van der Waals surface area contributed by atoms with Gasteiger partial charge in [0, 0.05) is 26.3 Å². The highest BCUT2D eigenvalue weighted by atomic mass is 35.5. The van der Waals surface area contributed by atoms with Crippen LogP contribution in [-0.2, 0) is 10.0 Å². The van der Waals surface area contributed by atoms with Gasteiger partial charge in [0.2, 0.25) is 10.0 Å². The molecule has 0 spiro atoms. The van der Waals surface area contributed by atoms with E-state index >= 15 is 0 Å². The Morgan fingerprint density at radius 2 is 1.90 bits per heavy atom. The normalized spacial score (nSPS) is 17.7. The van der Waals surface area contributed by atoms with Crippen LogP contribution in [0.1, 0.15) is 38.5 Å². The SMILES string of the molecule is CNc1ncc(S(=O)(=O)N(C)C2CCCCCC2)cc1Cl. The average molecular weight is 332 g/mol. The lowest BCUT2D eigenvalue weighted by Gasteiger charge is -2.26. The molecule has 0 atom stereocenters. The second-order valence-electron chi connectivity index (χ2n) is 5.42. The summed E-state index contributed by atoms with van der Waals surface area (Å²) in [6.45, 7) is 0. The molecule has 5 nitrogen and oxygen atoms in total. The molecule has 0 unspecified atom stereocenters. The van der Waals surface area contributed by atoms with Crippen molar-refractivity contribution in [3.05, 3.63) is 17.3 Å². The first-order valence-electron chi connectivity index (χ1n) is 7.28. The van der Waals surface area contributed by atoms with E-state index in [1.165, 1.54) is 29.4 Å². The number of anilines is 1. The maximum atomic E-state index is 12.7. The third-order valence-corrected chi connectivity index (χ3v) is 6.23. The molecule has 0 aromatic carbocycles. The fourth-order valence-electron chi connectivity index (χ4n) is 2.73. The van der Waals surface area contributed by atoms with Crippen LogP contribution in [0.25, 0.3) is 0 Å². The number of pyridine rings is 1. The number of rotatable bonds is 4. The van der Waals surface area contributed by atoms with Gasteiger partial charge in [0.15, 0.2) is 0 Å². The maximum absolute atomic E-state index is 12.7. The third-order valence-electron chi connectivity index (χ3n) is 4.07. The van der Waals surface area contributed by atoms with E-state index < -0.39 is 10.0 Å². The summed E-state index contributed by atoms with van der Waals surface area (Å²) in [7, 11) is -0.191. The van der Waals surface area contributed by atoms with Crippen molar-refractivity contribution in [3.8, 4) is 0 Å². The van der Waals surface area contributed by atoms with Crippen LogP contribution >= 0.6 is 11.6 Å². The molecule has 1 aliphatic carbocycles. The van der Waals surface area contributed by atoms with Crippen molar-refractivity contribution < 1.29 is 8.42 Å². The summed E-state index contributed by atoms with van der Waals surface area (Å²) in [6.07, 6.45) is 7.75. The van der Waals surface area contributed by atoms with Gasteiger partial charge in [-0.05, 0) is 18.9 Å². The van der Waals surface area contributed by atoms with E-state index in [0.29, 0.717) is 10.8 Å². The number of nitrogens with zero attached hydrogens (tertiary/aromatic N) is 2. The van der Waals surface area contributed by atoms with Gasteiger partial charge >= 0.3 is 0 Å². The van der Waals surface area contributed by atoms with E-state index in [9.17, 15) is 8.42 Å². The fourth-order valence-corrected chi connectivity index (χ4v) is 4.44. The lowest BCUT2D eigenvalue weighted by molar-refractivity contribution is 0.335. The molecule has 2 rings (SSSR count). The third kappa shape index (κ3) is 3.67. The molecular weight excluding hydrogens is 310 g/mol. The van der Waals surface area contributed by atoms with Crippen molar-refractivity contribution in [1.82, 2.24) is 9.29 Å². The van der Waals surface area contributed by atoms with Crippen molar-refractivity contribution in [1.29, 1.82) is 0 Å². The van der Waals surface area contributed by atoms with E-state index in [4.69, 9.17) is 11.6 Å². The smallest absolute Gasteiger partial charge is 0.244 e. The molecule has 1 saturated carbocycles. The zero-order valence-electron chi connectivity index (χ0n) is 12.5. The summed E-state index contributed by atoms with van der Waals surface area (Å²) in [5, 5.41) is 3.14. The van der Waals surface area contributed by atoms with E-state index in [0.717, 1.165) is 25.7 Å². The van der Waals surface area contributed by atoms with Crippen molar-refractivity contribution in [3.63, 3.8) is 0 Å². The van der Waals surface area contributed by atoms with Gasteiger partial charge in [-0.1, -0.05) is 37.3 Å². The number of hydrogen-bond acceptors (Lipinski definition) is 4. The fraction of sp³-hybridized carbons (Fsp3) is 0.643. The zero-order chi connectivity index (χ0) is 15.5. The summed E-state index contributed by atoms with van der Waals surface area (Å²) >= 11 is 6.04. The van der Waals surface area contributed by atoms with Crippen LogP contribution < -0.4 is 5.32 Å². The largest absolute Gasteiger partial charge is 0.372 e. The van der Waals surface area contributed by atoms with E-state index in [2.05, 4.69) is 10.3 Å². The standard InChI is InChI=1S/C14H22ClN3O2S/c1-16-14-13(15)9-12(10-17-14)21(19,20)18(2)11-7-5-3-4-6-8-11/h9-11H,3-8H2,1-2H3,(H,16,17). The number of sulfonamides is 1. The van der Waals surface area contributed by atoms with Gasteiger partial charge in [0.1, 0.15) is 10.7 Å². The predicted octanol–water partition coefficient (Wildman–Crippen LogP) is 3.12. The van der Waals surface area contributed by atoms with Crippen LogP contribution in [0.4, 0.5) is 5.82 Å². The monoisotopic (exact) mass is 331 g/mol. The van der Waals surface area contributed by atoms with E-state index in [1.807, 2.05) is 0 Å². The first-order valence-corrected chi connectivity index (χ1v) is 9.10. The van der Waals surface area contributed by atoms with Gasteiger partial charge in [-0.2, -0.15) is 4.31 Å². The van der Waals surface area contributed by atoms with Crippen LogP contribution in [0.5, 0.6) is 0 Å². The van der Waals surface area contributed by atoms with Crippen LogP contribution in [0, 0.1) is 0 Å². The summed E-state index contributed by atoms with van der Waals surface area (Å²) in [5.41, 5.74) is 0. The van der Waals surface area contributed by atoms with Crippen LogP contribution in [0.15, 0.2) is 17.2 Å². The molecule has 7 heteroatoms. The molecule has 0 radical (unpaired) electrons. The number of halogens is 1. The highest BCUT2D eigenvalue weighted by Crippen LogP contribution is 2.28. The minimum Gasteiger partial charge on any atom is -0.372 e. The Kier molecular flexibility index (Phi) is 5.46. The first kappa shape index (κ1) is 16.5. The van der Waals surface area contributed by atoms with Crippen LogP contribution in [0.2, 0.25) is 5.02 Å². The Balaban J connectivity index is 2.25. The van der Waals surface area contributed by atoms with Gasteiger partial charge < -0.3 is 5.32 Å². The van der Waals surface area contributed by atoms with E-state index in [1.54, 1.807) is 14.1 Å². The van der Waals surface area contributed by atoms with Gasteiger partial charge in [-0.3, -0.25) is 0 Å². The summed E-state index contributed by atoms with van der Waals surface area (Å²) in [6, 6.07) is 1.53. The lowest BCUT2D eigenvalue weighted by atomic mass is 10.1. The van der Waals surface area contributed by atoms with E-state index in [-0.39, 0.29) is 10.9 Å². The molecule has 0 aliphatic heterocycles. The Bertz CT molecular complexity index is 584. The molecule has 1 aromatic heterocycles. The highest BCUT2D eigenvalue weighted by Gasteiger charge is 2.29. The van der Waals surface area contributed by atoms with Gasteiger partial charge in [-0.15, -0.1) is 0 Å². The first-order chi connectivity index (χ1) is 9.96. The molecule has 1 heterocycles. The van der Waals surface area contributed by atoms with Gasteiger partial charge in [0.25, 0.3) is 0 Å². The minimum atomic E-state index is -3.54. The van der Waals surface area contributed by atoms with Crippen LogP contribution in [0.3, 0.4) is 0 Å². The Hall–Kier alpha value is -0.850. The Morgan fingerprint density at radius 3 is 2.43 bits per heavy atom. The molecule has 0 bridgehead atoms. The highest BCUT2D eigenvalue weighted by molar-refractivity contribution is 7.89. The van der Waals surface area contributed by atoms with Gasteiger partial charge in [0.05, 0.1) is 5.02 Å². The minimum absolute atomic E-state index is 0.0697. The molecule has 0 saturated heterocycles. The molecular formula is C14H22ClN3O2S. The van der Waals surface area contributed by atoms with Crippen molar-refractivity contribution >= 4 is 27.4 Å². The second kappa shape index (κ2) is 6.94.